The van der Waals surface area contributed by atoms with Crippen LogP contribution in [0.1, 0.15) is 245 Å². The molecular weight excluding hydrogens is 792 g/mol. The van der Waals surface area contributed by atoms with E-state index in [1.165, 1.54) is 180 Å². The largest absolute Gasteiger partial charge is 0.472 e. The Hall–Kier alpha value is -1.28. The molecule has 0 bridgehead atoms. The smallest absolute Gasteiger partial charge is 0.387 e. The van der Waals surface area contributed by atoms with Gasteiger partial charge in [-0.05, 0) is 44.9 Å². The van der Waals surface area contributed by atoms with Crippen molar-refractivity contribution in [2.24, 2.45) is 0 Å². The van der Waals surface area contributed by atoms with Gasteiger partial charge in [0.1, 0.15) is 13.2 Å². The zero-order valence-electron chi connectivity index (χ0n) is 41.6. The average Bonchev–Trinajstić information content (AvgIpc) is 3.23. The topological polar surface area (TPSA) is 105 Å². The molecule has 0 aliphatic carbocycles. The fourth-order valence-electron chi connectivity index (χ4n) is 7.66. The quantitative estimate of drug-likeness (QED) is 0.0243. The van der Waals surface area contributed by atoms with Crippen molar-refractivity contribution in [3.8, 4) is 0 Å². The van der Waals surface area contributed by atoms with Gasteiger partial charge in [-0.3, -0.25) is 13.8 Å². The van der Waals surface area contributed by atoms with Gasteiger partial charge in [0.2, 0.25) is 5.91 Å². The first-order valence-electron chi connectivity index (χ1n) is 26.4. The van der Waals surface area contributed by atoms with Crippen LogP contribution < -0.4 is 5.32 Å². The van der Waals surface area contributed by atoms with Gasteiger partial charge in [-0.25, -0.2) is 4.57 Å². The second kappa shape index (κ2) is 44.9. The Kier molecular flexibility index (Phi) is 44.0. The summed E-state index contributed by atoms with van der Waals surface area (Å²) in [5.41, 5.74) is 0. The summed E-state index contributed by atoms with van der Waals surface area (Å²) >= 11 is 0. The number of nitrogens with zero attached hydrogens (tertiary/aromatic N) is 1. The molecule has 0 aliphatic heterocycles. The molecule has 3 N–H and O–H groups in total. The van der Waals surface area contributed by atoms with Gasteiger partial charge in [-0.2, -0.15) is 0 Å². The molecule has 0 fully saturated rings. The van der Waals surface area contributed by atoms with E-state index in [1.807, 2.05) is 27.2 Å². The number of unbranched alkanes of at least 4 members (excludes halogenated alkanes) is 31. The van der Waals surface area contributed by atoms with Gasteiger partial charge in [0, 0.05) is 6.42 Å². The highest BCUT2D eigenvalue weighted by Crippen LogP contribution is 2.43. The lowest BCUT2D eigenvalue weighted by Crippen LogP contribution is -2.45. The molecule has 0 rings (SSSR count). The number of amides is 1. The van der Waals surface area contributed by atoms with E-state index in [9.17, 15) is 19.4 Å². The van der Waals surface area contributed by atoms with E-state index in [4.69, 9.17) is 9.05 Å². The van der Waals surface area contributed by atoms with Crippen LogP contribution >= 0.6 is 7.82 Å². The van der Waals surface area contributed by atoms with E-state index < -0.39 is 20.0 Å². The molecule has 0 aromatic heterocycles. The summed E-state index contributed by atoms with van der Waals surface area (Å²) < 4.78 is 23.6. The van der Waals surface area contributed by atoms with Gasteiger partial charge in [0.25, 0.3) is 0 Å². The molecule has 1 amide bonds. The maximum Gasteiger partial charge on any atom is 0.472 e. The molecule has 0 radical (unpaired) electrons. The minimum atomic E-state index is -4.35. The standard InChI is InChI=1S/C53H103N2O6P/c1-6-8-10-12-14-16-18-20-22-24-26-27-28-29-31-33-35-37-39-41-43-45-47-53(57)54-51(50-61-62(58,59)60-49-48-55(3,4)5)52(56)46-44-42-40-38-36-34-32-30-25-23-21-19-17-15-13-11-9-7-2/h25,30,36,38,44,46,51-52,56H,6-24,26-29,31-35,37,39-43,45,47-50H2,1-5H3,(H-,54,57,58,59)/p+1/b30-25+,38-36+,46-44+. The molecule has 0 aromatic carbocycles. The van der Waals surface area contributed by atoms with E-state index in [2.05, 4.69) is 43.5 Å². The molecule has 0 aromatic rings. The molecule has 0 saturated carbocycles. The molecule has 0 heterocycles. The molecular formula is C53H104N2O6P+. The first-order chi connectivity index (χ1) is 30.0. The van der Waals surface area contributed by atoms with Crippen molar-refractivity contribution in [3.63, 3.8) is 0 Å². The number of carbonyl (C=O) groups is 1. The minimum absolute atomic E-state index is 0.0549. The highest BCUT2D eigenvalue weighted by molar-refractivity contribution is 7.47. The fraction of sp³-hybridized carbons (Fsp3) is 0.868. The number of rotatable bonds is 48. The lowest BCUT2D eigenvalue weighted by molar-refractivity contribution is -0.870. The third kappa shape index (κ3) is 46.7. The summed E-state index contributed by atoms with van der Waals surface area (Å²) in [5.74, 6) is -0.187. The van der Waals surface area contributed by atoms with Crippen LogP contribution in [0.5, 0.6) is 0 Å². The first kappa shape index (κ1) is 60.7. The van der Waals surface area contributed by atoms with Crippen molar-refractivity contribution in [3.05, 3.63) is 36.5 Å². The Balaban J connectivity index is 4.31. The van der Waals surface area contributed by atoms with Crippen molar-refractivity contribution >= 4 is 13.7 Å². The second-order valence-corrected chi connectivity index (χ2v) is 20.7. The summed E-state index contributed by atoms with van der Waals surface area (Å²) in [6.45, 7) is 4.81. The molecule has 3 unspecified atom stereocenters. The molecule has 62 heavy (non-hydrogen) atoms. The van der Waals surface area contributed by atoms with Crippen molar-refractivity contribution in [2.45, 2.75) is 257 Å². The molecule has 366 valence electrons. The first-order valence-corrected chi connectivity index (χ1v) is 27.9. The van der Waals surface area contributed by atoms with Gasteiger partial charge in [-0.15, -0.1) is 0 Å². The molecule has 0 spiro atoms. The van der Waals surface area contributed by atoms with E-state index in [1.54, 1.807) is 6.08 Å². The Labute approximate surface area is 385 Å². The molecule has 8 nitrogen and oxygen atoms in total. The predicted molar refractivity (Wildman–Crippen MR) is 268 cm³/mol. The molecule has 9 heteroatoms. The number of likely N-dealkylation sites (N-methyl/N-ethyl adjacent to an activating group) is 1. The van der Waals surface area contributed by atoms with Crippen LogP contribution in [0.2, 0.25) is 0 Å². The van der Waals surface area contributed by atoms with Crippen LogP contribution in [-0.2, 0) is 18.4 Å². The van der Waals surface area contributed by atoms with Crippen LogP contribution in [0.4, 0.5) is 0 Å². The van der Waals surface area contributed by atoms with Gasteiger partial charge in [0.15, 0.2) is 0 Å². The Morgan fingerprint density at radius 1 is 0.532 bits per heavy atom. The fourth-order valence-corrected chi connectivity index (χ4v) is 8.40. The normalized spacial score (nSPS) is 14.4. The van der Waals surface area contributed by atoms with E-state index in [0.717, 1.165) is 44.9 Å². The van der Waals surface area contributed by atoms with Crippen LogP contribution in [0.25, 0.3) is 0 Å². The molecule has 0 aliphatic rings. The van der Waals surface area contributed by atoms with Crippen LogP contribution in [0, 0.1) is 0 Å². The molecule has 3 atom stereocenters. The van der Waals surface area contributed by atoms with E-state index in [-0.39, 0.29) is 19.1 Å². The summed E-state index contributed by atoms with van der Waals surface area (Å²) in [4.78, 5) is 23.2. The van der Waals surface area contributed by atoms with E-state index >= 15 is 0 Å². The summed E-state index contributed by atoms with van der Waals surface area (Å²) in [7, 11) is 1.55. The minimum Gasteiger partial charge on any atom is -0.387 e. The van der Waals surface area contributed by atoms with E-state index in [0.29, 0.717) is 17.4 Å². The van der Waals surface area contributed by atoms with Gasteiger partial charge >= 0.3 is 7.82 Å². The highest BCUT2D eigenvalue weighted by Gasteiger charge is 2.27. The average molecular weight is 896 g/mol. The maximum atomic E-state index is 12.9. The number of carbonyl (C=O) groups excluding carboxylic acids is 1. The maximum absolute atomic E-state index is 12.9. The monoisotopic (exact) mass is 896 g/mol. The van der Waals surface area contributed by atoms with Crippen molar-refractivity contribution < 1.29 is 32.9 Å². The summed E-state index contributed by atoms with van der Waals surface area (Å²) in [6, 6.07) is -0.867. The van der Waals surface area contributed by atoms with Gasteiger partial charge in [0.05, 0.1) is 39.9 Å². The number of nitrogens with one attached hydrogen (secondary N) is 1. The van der Waals surface area contributed by atoms with Crippen LogP contribution in [0.15, 0.2) is 36.5 Å². The van der Waals surface area contributed by atoms with Crippen molar-refractivity contribution in [1.29, 1.82) is 0 Å². The number of quaternary nitrogens is 1. The zero-order chi connectivity index (χ0) is 45.7. The SMILES string of the molecule is CCCCCCCCCC/C=C/CC/C=C/CC/C=C/C(O)C(COP(=O)(O)OCC[N+](C)(C)C)NC(=O)CCCCCCCCCCCCCCCCCCCCCCCC. The predicted octanol–water partition coefficient (Wildman–Crippen LogP) is 15.4. The number of phosphoric ester groups is 1. The Bertz CT molecular complexity index is 1110. The third-order valence-electron chi connectivity index (χ3n) is 11.8. The van der Waals surface area contributed by atoms with Crippen molar-refractivity contribution in [1.82, 2.24) is 5.32 Å². The summed E-state index contributed by atoms with van der Waals surface area (Å²) in [5, 5.41) is 13.9. The second-order valence-electron chi connectivity index (χ2n) is 19.2. The van der Waals surface area contributed by atoms with Gasteiger partial charge in [-0.1, -0.05) is 230 Å². The number of aliphatic hydroxyl groups excluding tert-OH is 1. The van der Waals surface area contributed by atoms with Crippen LogP contribution in [0.3, 0.4) is 0 Å². The summed E-state index contributed by atoms with van der Waals surface area (Å²) in [6.07, 6.45) is 56.6. The third-order valence-corrected chi connectivity index (χ3v) is 12.8. The van der Waals surface area contributed by atoms with Crippen molar-refractivity contribution in [2.75, 3.05) is 40.9 Å². The molecule has 0 saturated heterocycles. The Morgan fingerprint density at radius 3 is 1.29 bits per heavy atom. The van der Waals surface area contributed by atoms with Crippen LogP contribution in [-0.4, -0.2) is 73.4 Å². The number of hydrogen-bond acceptors (Lipinski definition) is 5. The Morgan fingerprint density at radius 2 is 0.887 bits per heavy atom. The number of allylic oxidation sites excluding steroid dienone is 5. The number of aliphatic hydroxyl groups is 1. The highest BCUT2D eigenvalue weighted by atomic mass is 31.2. The lowest BCUT2D eigenvalue weighted by atomic mass is 10.0. The zero-order valence-corrected chi connectivity index (χ0v) is 42.5. The lowest BCUT2D eigenvalue weighted by Gasteiger charge is -2.25. The van der Waals surface area contributed by atoms with Gasteiger partial charge < -0.3 is 19.8 Å². The number of phosphoric acid groups is 1. The number of hydrogen-bond donors (Lipinski definition) is 3.